The Morgan fingerprint density at radius 3 is 2.20 bits per heavy atom. The van der Waals surface area contributed by atoms with Crippen molar-refractivity contribution >= 4 is 15.7 Å². The highest BCUT2D eigenvalue weighted by Crippen LogP contribution is 2.25. The summed E-state index contributed by atoms with van der Waals surface area (Å²) in [6.07, 6.45) is 4.72. The number of nitrogens with one attached hydrogen (secondary N) is 2. The molecule has 4 nitrogen and oxygen atoms in total. The van der Waals surface area contributed by atoms with Gasteiger partial charge in [0.05, 0.1) is 5.69 Å². The van der Waals surface area contributed by atoms with E-state index in [0.717, 1.165) is 24.0 Å². The van der Waals surface area contributed by atoms with E-state index in [1.54, 1.807) is 18.3 Å². The van der Waals surface area contributed by atoms with E-state index < -0.39 is 10.0 Å². The summed E-state index contributed by atoms with van der Waals surface area (Å²) in [4.78, 5) is 3.02. The van der Waals surface area contributed by atoms with Gasteiger partial charge in [0.15, 0.2) is 17.3 Å². The first-order chi connectivity index (χ1) is 9.58. The van der Waals surface area contributed by atoms with Crippen LogP contribution < -0.4 is 9.71 Å². The van der Waals surface area contributed by atoms with Gasteiger partial charge in [0.1, 0.15) is 0 Å². The lowest BCUT2D eigenvalue weighted by Crippen LogP contribution is -2.17. The molecule has 0 unspecified atom stereocenters. The Labute approximate surface area is 119 Å². The smallest absolute Gasteiger partial charge is 0.267 e. The van der Waals surface area contributed by atoms with E-state index in [-0.39, 0.29) is 4.90 Å². The molecule has 0 aliphatic heterocycles. The van der Waals surface area contributed by atoms with Crippen LogP contribution in [0, 0.1) is 0 Å². The molecule has 2 N–H and O–H groups in total. The van der Waals surface area contributed by atoms with E-state index in [9.17, 15) is 8.42 Å². The van der Waals surface area contributed by atoms with Crippen LogP contribution in [0.2, 0.25) is 0 Å². The van der Waals surface area contributed by atoms with Gasteiger partial charge in [-0.05, 0) is 30.0 Å². The van der Waals surface area contributed by atoms with Crippen molar-refractivity contribution in [3.05, 3.63) is 53.9 Å². The van der Waals surface area contributed by atoms with Gasteiger partial charge in [0, 0.05) is 6.07 Å². The third-order valence-electron chi connectivity index (χ3n) is 3.22. The highest BCUT2D eigenvalue weighted by Gasteiger charge is 2.19. The Balaban J connectivity index is 2.44. The van der Waals surface area contributed by atoms with Crippen LogP contribution in [0.4, 0.5) is 5.69 Å². The van der Waals surface area contributed by atoms with E-state index >= 15 is 0 Å². The second kappa shape index (κ2) is 6.05. The minimum Gasteiger partial charge on any atom is -0.279 e. The van der Waals surface area contributed by atoms with Crippen molar-refractivity contribution in [3.63, 3.8) is 0 Å². The van der Waals surface area contributed by atoms with E-state index in [2.05, 4.69) is 9.71 Å². The molecule has 20 heavy (non-hydrogen) atoms. The molecular formula is C15H19N2O2S+. The molecule has 0 fully saturated rings. The SMILES string of the molecule is CCc1cccc(CC)c1NS(=O)(=O)c1ccc[nH+]c1. The molecule has 0 amide bonds. The number of hydrogen-bond donors (Lipinski definition) is 1. The zero-order valence-corrected chi connectivity index (χ0v) is 12.5. The van der Waals surface area contributed by atoms with Gasteiger partial charge in [0.2, 0.25) is 0 Å². The lowest BCUT2D eigenvalue weighted by Gasteiger charge is -2.15. The molecule has 0 spiro atoms. The molecule has 106 valence electrons. The van der Waals surface area contributed by atoms with Gasteiger partial charge in [-0.25, -0.2) is 13.4 Å². The number of aromatic nitrogens is 1. The molecule has 5 heteroatoms. The van der Waals surface area contributed by atoms with Crippen molar-refractivity contribution in [2.24, 2.45) is 0 Å². The van der Waals surface area contributed by atoms with Crippen molar-refractivity contribution in [1.29, 1.82) is 0 Å². The molecule has 0 aliphatic rings. The highest BCUT2D eigenvalue weighted by atomic mass is 32.2. The summed E-state index contributed by atoms with van der Waals surface area (Å²) >= 11 is 0. The number of rotatable bonds is 5. The number of hydrogen-bond acceptors (Lipinski definition) is 2. The summed E-state index contributed by atoms with van der Waals surface area (Å²) in [5, 5.41) is 0. The lowest BCUT2D eigenvalue weighted by atomic mass is 10.0. The van der Waals surface area contributed by atoms with Crippen LogP contribution in [0.15, 0.2) is 47.6 Å². The van der Waals surface area contributed by atoms with Gasteiger partial charge in [-0.2, -0.15) is 0 Å². The second-order valence-corrected chi connectivity index (χ2v) is 6.19. The average molecular weight is 291 g/mol. The van der Waals surface area contributed by atoms with Crippen molar-refractivity contribution in [2.45, 2.75) is 31.6 Å². The number of benzene rings is 1. The van der Waals surface area contributed by atoms with Crippen LogP contribution >= 0.6 is 0 Å². The standard InChI is InChI=1S/C15H18N2O2S/c1-3-12-7-5-8-13(4-2)15(12)17-20(18,19)14-9-6-10-16-11-14/h5-11,17H,3-4H2,1-2H3/p+1. The highest BCUT2D eigenvalue weighted by molar-refractivity contribution is 7.92. The van der Waals surface area contributed by atoms with Gasteiger partial charge in [-0.1, -0.05) is 32.0 Å². The monoisotopic (exact) mass is 291 g/mol. The van der Waals surface area contributed by atoms with E-state index in [4.69, 9.17) is 0 Å². The summed E-state index contributed by atoms with van der Waals surface area (Å²) in [5.74, 6) is 0. The summed E-state index contributed by atoms with van der Waals surface area (Å²) in [7, 11) is -3.56. The topological polar surface area (TPSA) is 60.3 Å². The van der Waals surface area contributed by atoms with Crippen molar-refractivity contribution < 1.29 is 13.4 Å². The predicted octanol–water partition coefficient (Wildman–Crippen LogP) is 2.43. The Bertz CT molecular complexity index is 660. The van der Waals surface area contributed by atoms with Gasteiger partial charge in [-0.3, -0.25) is 4.72 Å². The molecule has 2 aromatic rings. The maximum Gasteiger partial charge on any atom is 0.267 e. The van der Waals surface area contributed by atoms with Crippen LogP contribution in [-0.4, -0.2) is 8.42 Å². The number of H-pyrrole nitrogens is 1. The predicted molar refractivity (Wildman–Crippen MR) is 79.0 cm³/mol. The number of para-hydroxylation sites is 1. The first-order valence-electron chi connectivity index (χ1n) is 6.68. The first kappa shape index (κ1) is 14.5. The third kappa shape index (κ3) is 2.99. The first-order valence-corrected chi connectivity index (χ1v) is 8.16. The fourth-order valence-electron chi connectivity index (χ4n) is 2.11. The molecule has 0 radical (unpaired) electrons. The lowest BCUT2D eigenvalue weighted by molar-refractivity contribution is -0.381. The molecule has 0 bridgehead atoms. The number of anilines is 1. The summed E-state index contributed by atoms with van der Waals surface area (Å²) in [6.45, 7) is 4.03. The van der Waals surface area contributed by atoms with E-state index in [0.29, 0.717) is 5.69 Å². The molecular weight excluding hydrogens is 272 g/mol. The average Bonchev–Trinajstić information content (AvgIpc) is 2.48. The van der Waals surface area contributed by atoms with Gasteiger partial charge in [-0.15, -0.1) is 0 Å². The molecule has 0 atom stereocenters. The number of aryl methyl sites for hydroxylation is 2. The third-order valence-corrected chi connectivity index (χ3v) is 4.57. The van der Waals surface area contributed by atoms with Crippen LogP contribution in [0.1, 0.15) is 25.0 Å². The Morgan fingerprint density at radius 1 is 1.05 bits per heavy atom. The molecule has 0 aliphatic carbocycles. The van der Waals surface area contributed by atoms with Crippen molar-refractivity contribution in [2.75, 3.05) is 4.72 Å². The number of pyridine rings is 1. The van der Waals surface area contributed by atoms with E-state index in [1.807, 2.05) is 32.0 Å². The van der Waals surface area contributed by atoms with Gasteiger partial charge in [0.25, 0.3) is 10.0 Å². The Kier molecular flexibility index (Phi) is 4.39. The molecule has 1 aromatic heterocycles. The fraction of sp³-hybridized carbons (Fsp3) is 0.267. The van der Waals surface area contributed by atoms with E-state index in [1.165, 1.54) is 6.20 Å². The minimum absolute atomic E-state index is 0.230. The molecule has 0 saturated heterocycles. The maximum atomic E-state index is 12.4. The zero-order valence-electron chi connectivity index (χ0n) is 11.7. The second-order valence-electron chi connectivity index (χ2n) is 4.50. The summed E-state index contributed by atoms with van der Waals surface area (Å²) in [5.41, 5.74) is 2.72. The van der Waals surface area contributed by atoms with Gasteiger partial charge < -0.3 is 0 Å². The van der Waals surface area contributed by atoms with Crippen molar-refractivity contribution in [1.82, 2.24) is 0 Å². The minimum atomic E-state index is -3.56. The fourth-order valence-corrected chi connectivity index (χ4v) is 3.24. The Hall–Kier alpha value is -1.88. The number of aromatic amines is 1. The largest absolute Gasteiger partial charge is 0.279 e. The zero-order chi connectivity index (χ0) is 14.6. The molecule has 1 heterocycles. The maximum absolute atomic E-state index is 12.4. The summed E-state index contributed by atoms with van der Waals surface area (Å²) in [6, 6.07) is 9.11. The van der Waals surface area contributed by atoms with Gasteiger partial charge >= 0.3 is 0 Å². The summed E-state index contributed by atoms with van der Waals surface area (Å²) < 4.78 is 27.5. The number of sulfonamides is 1. The molecule has 0 saturated carbocycles. The normalized spacial score (nSPS) is 11.3. The van der Waals surface area contributed by atoms with Crippen LogP contribution in [0.3, 0.4) is 0 Å². The molecule has 2 rings (SSSR count). The van der Waals surface area contributed by atoms with Crippen LogP contribution in [0.5, 0.6) is 0 Å². The quantitative estimate of drug-likeness (QED) is 0.919. The van der Waals surface area contributed by atoms with Crippen molar-refractivity contribution in [3.8, 4) is 0 Å². The Morgan fingerprint density at radius 2 is 1.70 bits per heavy atom. The molecule has 1 aromatic carbocycles. The van der Waals surface area contributed by atoms with Crippen LogP contribution in [-0.2, 0) is 22.9 Å². The van der Waals surface area contributed by atoms with Crippen LogP contribution in [0.25, 0.3) is 0 Å².